The van der Waals surface area contributed by atoms with Gasteiger partial charge in [-0.1, -0.05) is 12.1 Å². The summed E-state index contributed by atoms with van der Waals surface area (Å²) in [6, 6.07) is 11.1. The smallest absolute Gasteiger partial charge is 0.246 e. The summed E-state index contributed by atoms with van der Waals surface area (Å²) in [6.45, 7) is 2.59. The topological polar surface area (TPSA) is 75.7 Å². The summed E-state index contributed by atoms with van der Waals surface area (Å²) in [5, 5.41) is 2.73. The van der Waals surface area contributed by atoms with E-state index in [1.54, 1.807) is 24.3 Å². The van der Waals surface area contributed by atoms with E-state index in [0.29, 0.717) is 30.9 Å². The third kappa shape index (κ3) is 4.12. The Bertz CT molecular complexity index is 916. The van der Waals surface area contributed by atoms with Crippen molar-refractivity contribution >= 4 is 21.6 Å². The van der Waals surface area contributed by atoms with Crippen molar-refractivity contribution in [1.82, 2.24) is 4.31 Å². The van der Waals surface area contributed by atoms with Crippen LogP contribution in [-0.2, 0) is 14.8 Å². The summed E-state index contributed by atoms with van der Waals surface area (Å²) in [6.07, 6.45) is 0.922. The van der Waals surface area contributed by atoms with E-state index in [-0.39, 0.29) is 6.54 Å². The van der Waals surface area contributed by atoms with E-state index in [4.69, 9.17) is 4.74 Å². The minimum Gasteiger partial charge on any atom is -0.494 e. The summed E-state index contributed by atoms with van der Waals surface area (Å²) in [5.74, 6) is -0.577. The van der Waals surface area contributed by atoms with Gasteiger partial charge in [0.1, 0.15) is 22.5 Å². The lowest BCUT2D eigenvalue weighted by Crippen LogP contribution is -2.43. The normalized spacial score (nSPS) is 17.6. The first-order valence-corrected chi connectivity index (χ1v) is 10.2. The van der Waals surface area contributed by atoms with Crippen molar-refractivity contribution in [2.24, 2.45) is 0 Å². The number of halogens is 1. The van der Waals surface area contributed by atoms with Gasteiger partial charge < -0.3 is 10.1 Å². The van der Waals surface area contributed by atoms with Crippen LogP contribution in [0, 0.1) is 5.82 Å². The monoisotopic (exact) mass is 392 g/mol. The first-order valence-electron chi connectivity index (χ1n) is 8.73. The highest BCUT2D eigenvalue weighted by Gasteiger charge is 2.40. The minimum atomic E-state index is -4.09. The fraction of sp³-hybridized carbons (Fsp3) is 0.316. The molecule has 1 aliphatic heterocycles. The molecule has 1 amide bonds. The van der Waals surface area contributed by atoms with Gasteiger partial charge in [0.05, 0.1) is 6.61 Å². The van der Waals surface area contributed by atoms with Crippen LogP contribution < -0.4 is 10.1 Å². The largest absolute Gasteiger partial charge is 0.494 e. The molecule has 1 heterocycles. The van der Waals surface area contributed by atoms with Crippen LogP contribution in [0.5, 0.6) is 5.75 Å². The zero-order valence-electron chi connectivity index (χ0n) is 14.9. The number of anilines is 1. The van der Waals surface area contributed by atoms with Gasteiger partial charge in [-0.2, -0.15) is 4.31 Å². The number of rotatable bonds is 6. The molecule has 0 radical (unpaired) electrons. The molecule has 0 spiro atoms. The van der Waals surface area contributed by atoms with E-state index < -0.39 is 32.7 Å². The maximum Gasteiger partial charge on any atom is 0.246 e. The van der Waals surface area contributed by atoms with E-state index >= 15 is 0 Å². The lowest BCUT2D eigenvalue weighted by Gasteiger charge is -2.23. The van der Waals surface area contributed by atoms with Crippen molar-refractivity contribution in [2.75, 3.05) is 18.5 Å². The Morgan fingerprint density at radius 2 is 1.93 bits per heavy atom. The quantitative estimate of drug-likeness (QED) is 0.820. The molecule has 144 valence electrons. The fourth-order valence-electron chi connectivity index (χ4n) is 3.10. The van der Waals surface area contributed by atoms with E-state index in [1.807, 2.05) is 6.92 Å². The number of carbonyl (C=O) groups excluding carboxylic acids is 1. The molecule has 1 unspecified atom stereocenters. The molecule has 0 saturated carbocycles. The predicted octanol–water partition coefficient (Wildman–Crippen LogP) is 3.02. The Kier molecular flexibility index (Phi) is 5.76. The molecule has 3 rings (SSSR count). The van der Waals surface area contributed by atoms with Crippen LogP contribution in [0.2, 0.25) is 0 Å². The number of sulfonamides is 1. The Hall–Kier alpha value is -2.45. The standard InChI is InChI=1S/C19H21FN2O4S/c1-2-26-15-11-9-14(10-12-15)21-19(23)17-7-5-13-22(17)27(24,25)18-8-4-3-6-16(18)20/h3-4,6,8-12,17H,2,5,7,13H2,1H3,(H,21,23). The van der Waals surface area contributed by atoms with Crippen molar-refractivity contribution in [3.8, 4) is 5.75 Å². The predicted molar refractivity (Wildman–Crippen MR) is 99.6 cm³/mol. The molecule has 6 nitrogen and oxygen atoms in total. The Labute approximate surface area is 158 Å². The average Bonchev–Trinajstić information content (AvgIpc) is 3.15. The van der Waals surface area contributed by atoms with Gasteiger partial charge >= 0.3 is 0 Å². The summed E-state index contributed by atoms with van der Waals surface area (Å²) in [4.78, 5) is 12.2. The molecule has 1 atom stereocenters. The Morgan fingerprint density at radius 3 is 2.59 bits per heavy atom. The molecule has 1 saturated heterocycles. The second-order valence-corrected chi connectivity index (χ2v) is 8.01. The highest BCUT2D eigenvalue weighted by molar-refractivity contribution is 7.89. The molecule has 2 aromatic carbocycles. The van der Waals surface area contributed by atoms with Gasteiger partial charge in [0.2, 0.25) is 15.9 Å². The van der Waals surface area contributed by atoms with E-state index in [0.717, 1.165) is 10.4 Å². The average molecular weight is 392 g/mol. The molecule has 0 aliphatic carbocycles. The van der Waals surface area contributed by atoms with Crippen LogP contribution in [0.1, 0.15) is 19.8 Å². The van der Waals surface area contributed by atoms with Gasteiger partial charge in [0.25, 0.3) is 0 Å². The summed E-state index contributed by atoms with van der Waals surface area (Å²) in [5.41, 5.74) is 0.540. The number of ether oxygens (including phenoxy) is 1. The summed E-state index contributed by atoms with van der Waals surface area (Å²) >= 11 is 0. The van der Waals surface area contributed by atoms with Crippen molar-refractivity contribution in [2.45, 2.75) is 30.7 Å². The van der Waals surface area contributed by atoms with Crippen LogP contribution in [0.25, 0.3) is 0 Å². The molecule has 1 N–H and O–H groups in total. The van der Waals surface area contributed by atoms with Crippen molar-refractivity contribution in [3.05, 3.63) is 54.3 Å². The number of nitrogens with one attached hydrogen (secondary N) is 1. The number of hydrogen-bond acceptors (Lipinski definition) is 4. The van der Waals surface area contributed by atoms with E-state index in [9.17, 15) is 17.6 Å². The van der Waals surface area contributed by atoms with Gasteiger partial charge in [0, 0.05) is 12.2 Å². The highest BCUT2D eigenvalue weighted by atomic mass is 32.2. The Morgan fingerprint density at radius 1 is 1.22 bits per heavy atom. The molecule has 2 aromatic rings. The lowest BCUT2D eigenvalue weighted by atomic mass is 10.2. The van der Waals surface area contributed by atoms with Gasteiger partial charge in [-0.25, -0.2) is 12.8 Å². The maximum atomic E-state index is 14.0. The van der Waals surface area contributed by atoms with Crippen molar-refractivity contribution < 1.29 is 22.3 Å². The second-order valence-electron chi connectivity index (χ2n) is 6.15. The SMILES string of the molecule is CCOc1ccc(NC(=O)C2CCCN2S(=O)(=O)c2ccccc2F)cc1. The van der Waals surface area contributed by atoms with Crippen LogP contribution in [0.3, 0.4) is 0 Å². The zero-order valence-corrected chi connectivity index (χ0v) is 15.7. The maximum absolute atomic E-state index is 14.0. The zero-order chi connectivity index (χ0) is 19.4. The third-order valence-corrected chi connectivity index (χ3v) is 6.30. The second kappa shape index (κ2) is 8.06. The summed E-state index contributed by atoms with van der Waals surface area (Å²) < 4.78 is 46.1. The third-order valence-electron chi connectivity index (χ3n) is 4.36. The first-order chi connectivity index (χ1) is 12.9. The summed E-state index contributed by atoms with van der Waals surface area (Å²) in [7, 11) is -4.09. The van der Waals surface area contributed by atoms with Crippen LogP contribution in [0.4, 0.5) is 10.1 Å². The Balaban J connectivity index is 1.77. The van der Waals surface area contributed by atoms with Crippen molar-refractivity contribution in [3.63, 3.8) is 0 Å². The molecular formula is C19H21FN2O4S. The number of benzene rings is 2. The van der Waals surface area contributed by atoms with Crippen LogP contribution in [-0.4, -0.2) is 37.8 Å². The lowest BCUT2D eigenvalue weighted by molar-refractivity contribution is -0.119. The molecule has 1 fully saturated rings. The number of amides is 1. The van der Waals surface area contributed by atoms with Crippen molar-refractivity contribution in [1.29, 1.82) is 0 Å². The number of carbonyl (C=O) groups is 1. The van der Waals surface area contributed by atoms with Gasteiger partial charge in [0.15, 0.2) is 0 Å². The molecule has 0 aromatic heterocycles. The van der Waals surface area contributed by atoms with Gasteiger partial charge in [-0.05, 0) is 56.2 Å². The fourth-order valence-corrected chi connectivity index (χ4v) is 4.82. The molecule has 0 bridgehead atoms. The van der Waals surface area contributed by atoms with E-state index in [2.05, 4.69) is 5.32 Å². The highest BCUT2D eigenvalue weighted by Crippen LogP contribution is 2.28. The number of hydrogen-bond donors (Lipinski definition) is 1. The molecule has 27 heavy (non-hydrogen) atoms. The van der Waals surface area contributed by atoms with Gasteiger partial charge in [-0.3, -0.25) is 4.79 Å². The number of nitrogens with zero attached hydrogens (tertiary/aromatic N) is 1. The minimum absolute atomic E-state index is 0.179. The molecule has 8 heteroatoms. The molecule has 1 aliphatic rings. The van der Waals surface area contributed by atoms with E-state index in [1.165, 1.54) is 18.2 Å². The van der Waals surface area contributed by atoms with Crippen LogP contribution in [0.15, 0.2) is 53.4 Å². The first kappa shape index (κ1) is 19.3. The van der Waals surface area contributed by atoms with Crippen LogP contribution >= 0.6 is 0 Å². The van der Waals surface area contributed by atoms with Gasteiger partial charge in [-0.15, -0.1) is 0 Å². The molecular weight excluding hydrogens is 371 g/mol.